The third-order valence-corrected chi connectivity index (χ3v) is 4.66. The van der Waals surface area contributed by atoms with Crippen molar-refractivity contribution in [2.45, 2.75) is 33.8 Å². The Hall–Kier alpha value is -2.97. The maximum atomic E-state index is 14.5. The molecule has 0 bridgehead atoms. The average molecular weight is 457 g/mol. The number of ether oxygens (including phenoxy) is 2. The smallest absolute Gasteiger partial charge is 0.336 e. The second-order valence-corrected chi connectivity index (χ2v) is 8.83. The zero-order valence-electron chi connectivity index (χ0n) is 19.7. The first-order chi connectivity index (χ1) is 15.8. The van der Waals surface area contributed by atoms with Crippen LogP contribution in [0.1, 0.15) is 27.7 Å². The molecule has 0 aliphatic carbocycles. The number of hydrogen-bond acceptors (Lipinski definition) is 6. The van der Waals surface area contributed by atoms with E-state index in [1.54, 1.807) is 22.9 Å². The number of benzene rings is 2. The van der Waals surface area contributed by atoms with Gasteiger partial charge in [0.2, 0.25) is 0 Å². The van der Waals surface area contributed by atoms with Gasteiger partial charge in [-0.3, -0.25) is 0 Å². The highest BCUT2D eigenvalue weighted by Crippen LogP contribution is 2.26. The van der Waals surface area contributed by atoms with Crippen LogP contribution < -0.4 is 10.1 Å². The molecule has 2 aromatic carbocycles. The van der Waals surface area contributed by atoms with E-state index in [0.717, 1.165) is 5.69 Å². The summed E-state index contributed by atoms with van der Waals surface area (Å²) in [5, 5.41) is 17.7. The van der Waals surface area contributed by atoms with Crippen LogP contribution in [0.15, 0.2) is 48.5 Å². The van der Waals surface area contributed by atoms with E-state index in [1.807, 2.05) is 38.1 Å². The van der Waals surface area contributed by atoms with Crippen LogP contribution in [0.2, 0.25) is 0 Å². The lowest BCUT2D eigenvalue weighted by molar-refractivity contribution is 0.0318. The molecule has 8 heteroatoms. The molecule has 3 rings (SSSR count). The van der Waals surface area contributed by atoms with Crippen LogP contribution >= 0.6 is 0 Å². The Morgan fingerprint density at radius 1 is 0.970 bits per heavy atom. The summed E-state index contributed by atoms with van der Waals surface area (Å²) in [4.78, 5) is 4.44. The van der Waals surface area contributed by atoms with Crippen LogP contribution in [0.3, 0.4) is 0 Å². The van der Waals surface area contributed by atoms with Gasteiger partial charge < -0.3 is 19.9 Å². The first kappa shape index (κ1) is 24.7. The highest BCUT2D eigenvalue weighted by molar-refractivity contribution is 5.60. The zero-order valence-corrected chi connectivity index (χ0v) is 19.7. The number of nitrogens with one attached hydrogen (secondary N) is 1. The minimum Gasteiger partial charge on any atom is -0.462 e. The number of halogens is 1. The average Bonchev–Trinajstić information content (AvgIpc) is 3.21. The molecule has 1 aromatic heterocycles. The lowest BCUT2D eigenvalue weighted by Gasteiger charge is -2.14. The van der Waals surface area contributed by atoms with Crippen molar-refractivity contribution < 1.29 is 19.0 Å². The van der Waals surface area contributed by atoms with Crippen molar-refractivity contribution >= 4 is 5.69 Å². The van der Waals surface area contributed by atoms with E-state index < -0.39 is 6.10 Å². The molecule has 0 saturated heterocycles. The molecule has 0 spiro atoms. The topological polar surface area (TPSA) is 81.4 Å². The van der Waals surface area contributed by atoms with E-state index >= 15 is 0 Å². The van der Waals surface area contributed by atoms with E-state index in [0.29, 0.717) is 48.7 Å². The molecule has 1 atom stereocenters. The predicted octanol–water partition coefficient (Wildman–Crippen LogP) is 4.55. The van der Waals surface area contributed by atoms with Gasteiger partial charge in [0.1, 0.15) is 5.82 Å². The third-order valence-electron chi connectivity index (χ3n) is 4.66. The van der Waals surface area contributed by atoms with Gasteiger partial charge in [-0.2, -0.15) is 4.98 Å². The summed E-state index contributed by atoms with van der Waals surface area (Å²) in [6.45, 7) is 9.95. The molecule has 0 aliphatic rings. The van der Waals surface area contributed by atoms with Crippen molar-refractivity contribution in [2.75, 3.05) is 31.7 Å². The van der Waals surface area contributed by atoms with Crippen molar-refractivity contribution in [3.8, 4) is 23.1 Å². The van der Waals surface area contributed by atoms with Gasteiger partial charge in [0, 0.05) is 18.8 Å². The quantitative estimate of drug-likeness (QED) is 0.416. The molecule has 1 unspecified atom stereocenters. The summed E-state index contributed by atoms with van der Waals surface area (Å²) in [5.41, 5.74) is 1.90. The van der Waals surface area contributed by atoms with Crippen molar-refractivity contribution in [2.24, 2.45) is 11.8 Å². The fourth-order valence-corrected chi connectivity index (χ4v) is 3.05. The van der Waals surface area contributed by atoms with Gasteiger partial charge in [-0.05, 0) is 48.2 Å². The number of aliphatic hydroxyl groups is 1. The molecule has 1 heterocycles. The first-order valence-corrected chi connectivity index (χ1v) is 11.3. The lowest BCUT2D eigenvalue weighted by Crippen LogP contribution is -2.25. The summed E-state index contributed by atoms with van der Waals surface area (Å²) in [6.07, 6.45) is -0.605. The standard InChI is InChI=1S/C25H33FN4O3/c1-17(2)14-32-16-21(31)13-27-19-9-11-20(12-10-19)30-24(22-7-5-6-8-23(22)26)28-25(29-30)33-15-18(3)4/h5-12,17-18,21,27,31H,13-16H2,1-4H3. The molecular formula is C25H33FN4O3. The number of anilines is 1. The van der Waals surface area contributed by atoms with Crippen molar-refractivity contribution in [3.05, 3.63) is 54.3 Å². The molecule has 0 fully saturated rings. The van der Waals surface area contributed by atoms with E-state index in [-0.39, 0.29) is 18.4 Å². The zero-order chi connectivity index (χ0) is 23.8. The minimum absolute atomic E-state index is 0.202. The number of aromatic nitrogens is 3. The Kier molecular flexibility index (Phi) is 8.79. The van der Waals surface area contributed by atoms with Crippen molar-refractivity contribution in [3.63, 3.8) is 0 Å². The van der Waals surface area contributed by atoms with Crippen LogP contribution in [0.5, 0.6) is 6.01 Å². The fourth-order valence-electron chi connectivity index (χ4n) is 3.05. The van der Waals surface area contributed by atoms with Gasteiger partial charge in [0.25, 0.3) is 0 Å². The summed E-state index contributed by atoms with van der Waals surface area (Å²) in [5.74, 6) is 0.726. The molecule has 7 nitrogen and oxygen atoms in total. The van der Waals surface area contributed by atoms with Crippen LogP contribution in [0.25, 0.3) is 17.1 Å². The second kappa shape index (κ2) is 11.8. The number of hydrogen-bond donors (Lipinski definition) is 2. The van der Waals surface area contributed by atoms with Gasteiger partial charge in [-0.1, -0.05) is 39.8 Å². The van der Waals surface area contributed by atoms with Gasteiger partial charge in [-0.15, -0.1) is 5.10 Å². The molecule has 33 heavy (non-hydrogen) atoms. The Morgan fingerprint density at radius 3 is 2.33 bits per heavy atom. The summed E-state index contributed by atoms with van der Waals surface area (Å²) >= 11 is 0. The summed E-state index contributed by atoms with van der Waals surface area (Å²) in [6, 6.07) is 14.1. The van der Waals surface area contributed by atoms with Gasteiger partial charge in [0.15, 0.2) is 5.82 Å². The molecule has 0 saturated carbocycles. The van der Waals surface area contributed by atoms with E-state index in [4.69, 9.17) is 9.47 Å². The molecule has 0 amide bonds. The van der Waals surface area contributed by atoms with Crippen molar-refractivity contribution in [1.29, 1.82) is 0 Å². The maximum Gasteiger partial charge on any atom is 0.336 e. The van der Waals surface area contributed by atoms with E-state index in [1.165, 1.54) is 6.07 Å². The molecule has 178 valence electrons. The number of nitrogens with zero attached hydrogens (tertiary/aromatic N) is 3. The second-order valence-electron chi connectivity index (χ2n) is 8.83. The fraction of sp³-hybridized carbons (Fsp3) is 0.440. The number of aliphatic hydroxyl groups excluding tert-OH is 1. The van der Waals surface area contributed by atoms with Crippen LogP contribution in [-0.4, -0.2) is 52.3 Å². The molecule has 0 radical (unpaired) electrons. The van der Waals surface area contributed by atoms with Gasteiger partial charge >= 0.3 is 6.01 Å². The van der Waals surface area contributed by atoms with Crippen LogP contribution in [0.4, 0.5) is 10.1 Å². The Morgan fingerprint density at radius 2 is 1.67 bits per heavy atom. The highest BCUT2D eigenvalue weighted by atomic mass is 19.1. The van der Waals surface area contributed by atoms with E-state index in [9.17, 15) is 9.50 Å². The monoisotopic (exact) mass is 456 g/mol. The molecule has 3 aromatic rings. The van der Waals surface area contributed by atoms with Crippen LogP contribution in [0, 0.1) is 17.7 Å². The highest BCUT2D eigenvalue weighted by Gasteiger charge is 2.18. The largest absolute Gasteiger partial charge is 0.462 e. The Labute approximate surface area is 194 Å². The minimum atomic E-state index is -0.605. The summed E-state index contributed by atoms with van der Waals surface area (Å²) < 4.78 is 27.2. The van der Waals surface area contributed by atoms with E-state index in [2.05, 4.69) is 29.2 Å². The van der Waals surface area contributed by atoms with Crippen LogP contribution in [-0.2, 0) is 4.74 Å². The molecular weight excluding hydrogens is 423 g/mol. The van der Waals surface area contributed by atoms with Gasteiger partial charge in [0.05, 0.1) is 30.6 Å². The van der Waals surface area contributed by atoms with Crippen molar-refractivity contribution in [1.82, 2.24) is 14.8 Å². The molecule has 0 aliphatic heterocycles. The Bertz CT molecular complexity index is 1010. The first-order valence-electron chi connectivity index (χ1n) is 11.3. The van der Waals surface area contributed by atoms with Gasteiger partial charge in [-0.25, -0.2) is 9.07 Å². The Balaban J connectivity index is 1.74. The third kappa shape index (κ3) is 7.27. The summed E-state index contributed by atoms with van der Waals surface area (Å²) in [7, 11) is 0. The maximum absolute atomic E-state index is 14.5. The predicted molar refractivity (Wildman–Crippen MR) is 127 cm³/mol. The normalized spacial score (nSPS) is 12.4. The SMILES string of the molecule is CC(C)COCC(O)CNc1ccc(-n2nc(OCC(C)C)nc2-c2ccccc2F)cc1. The number of rotatable bonds is 12. The molecule has 2 N–H and O–H groups in total. The lowest BCUT2D eigenvalue weighted by atomic mass is 10.2.